The number of aliphatic hydroxyl groups is 1. The molecule has 22 heavy (non-hydrogen) atoms. The van der Waals surface area contributed by atoms with Gasteiger partial charge in [-0.3, -0.25) is 4.79 Å². The summed E-state index contributed by atoms with van der Waals surface area (Å²) in [5.41, 5.74) is 0.522. The van der Waals surface area contributed by atoms with Crippen molar-refractivity contribution in [2.24, 2.45) is 0 Å². The number of hydrogen-bond acceptors (Lipinski definition) is 5. The summed E-state index contributed by atoms with van der Waals surface area (Å²) >= 11 is 1.42. The molecule has 6 nitrogen and oxygen atoms in total. The van der Waals surface area contributed by atoms with E-state index in [-0.39, 0.29) is 35.7 Å². The molecule has 0 heterocycles. The molecule has 0 unspecified atom stereocenters. The number of nitrogens with zero attached hydrogens (tertiary/aromatic N) is 1. The minimum atomic E-state index is -3.69. The number of benzene rings is 1. The fourth-order valence-electron chi connectivity index (χ4n) is 1.76. The summed E-state index contributed by atoms with van der Waals surface area (Å²) in [7, 11) is -2.28. The molecule has 124 valence electrons. The van der Waals surface area contributed by atoms with Crippen LogP contribution < -0.4 is 5.32 Å². The van der Waals surface area contributed by atoms with E-state index in [1.54, 1.807) is 25.1 Å². The molecule has 0 radical (unpaired) electrons. The second-order valence-corrected chi connectivity index (χ2v) is 7.95. The Hall–Kier alpha value is -1.09. The van der Waals surface area contributed by atoms with E-state index in [1.807, 2.05) is 6.26 Å². The predicted octanol–water partition coefficient (Wildman–Crippen LogP) is 0.667. The van der Waals surface area contributed by atoms with Crippen LogP contribution in [0, 0.1) is 0 Å². The molecule has 2 N–H and O–H groups in total. The summed E-state index contributed by atoms with van der Waals surface area (Å²) in [5, 5.41) is 11.5. The van der Waals surface area contributed by atoms with E-state index in [2.05, 4.69) is 5.32 Å². The van der Waals surface area contributed by atoms with Gasteiger partial charge < -0.3 is 10.4 Å². The molecule has 0 aliphatic carbocycles. The number of hydrogen-bond donors (Lipinski definition) is 2. The third-order valence-corrected chi connectivity index (χ3v) is 6.13. The van der Waals surface area contributed by atoms with Gasteiger partial charge in [0.25, 0.3) is 0 Å². The molecule has 1 rings (SSSR count). The number of sulfonamides is 1. The van der Waals surface area contributed by atoms with Crippen LogP contribution in [0.3, 0.4) is 0 Å². The van der Waals surface area contributed by atoms with Gasteiger partial charge in [-0.25, -0.2) is 8.42 Å². The molecule has 1 atom stereocenters. The van der Waals surface area contributed by atoms with Crippen LogP contribution in [0.25, 0.3) is 0 Å². The number of nitrogens with one attached hydrogen (secondary N) is 1. The maximum absolute atomic E-state index is 12.5. The quantitative estimate of drug-likeness (QED) is 0.722. The predicted molar refractivity (Wildman–Crippen MR) is 88.2 cm³/mol. The highest BCUT2D eigenvalue weighted by atomic mass is 32.2. The highest BCUT2D eigenvalue weighted by Crippen LogP contribution is 2.19. The Balaban J connectivity index is 2.98. The Bertz CT molecular complexity index is 605. The second-order valence-electron chi connectivity index (χ2n) is 4.75. The van der Waals surface area contributed by atoms with Crippen LogP contribution in [-0.4, -0.2) is 55.4 Å². The number of thioether (sulfide) groups is 1. The standard InChI is InChI=1S/C14H22N2O4S2/c1-11(21-3)14(18)15-10-12-6-4-5-7-13(12)22(19,20)16(2)8-9-17/h4-7,11,17H,8-10H2,1-3H3,(H,15,18)/t11-/m0/s1. The molecular formula is C14H22N2O4S2. The van der Waals surface area contributed by atoms with E-state index in [1.165, 1.54) is 24.9 Å². The van der Waals surface area contributed by atoms with Crippen LogP contribution in [0.2, 0.25) is 0 Å². The fraction of sp³-hybridized carbons (Fsp3) is 0.500. The lowest BCUT2D eigenvalue weighted by molar-refractivity contribution is -0.120. The van der Waals surface area contributed by atoms with Gasteiger partial charge in [0.15, 0.2) is 0 Å². The molecule has 1 amide bonds. The van der Waals surface area contributed by atoms with Crippen molar-refractivity contribution in [3.63, 3.8) is 0 Å². The summed E-state index contributed by atoms with van der Waals surface area (Å²) in [6.45, 7) is 1.70. The lowest BCUT2D eigenvalue weighted by Crippen LogP contribution is -2.33. The molecule has 0 fully saturated rings. The van der Waals surface area contributed by atoms with Crippen molar-refractivity contribution in [2.75, 3.05) is 26.5 Å². The summed E-state index contributed by atoms with van der Waals surface area (Å²) in [5.74, 6) is -0.136. The van der Waals surface area contributed by atoms with E-state index in [0.29, 0.717) is 5.56 Å². The van der Waals surface area contributed by atoms with E-state index in [9.17, 15) is 13.2 Å². The molecule has 0 aliphatic rings. The van der Waals surface area contributed by atoms with Gasteiger partial charge >= 0.3 is 0 Å². The Kier molecular flexibility index (Phi) is 7.34. The van der Waals surface area contributed by atoms with Crippen molar-refractivity contribution in [2.45, 2.75) is 23.6 Å². The van der Waals surface area contributed by atoms with Gasteiger partial charge in [-0.1, -0.05) is 18.2 Å². The van der Waals surface area contributed by atoms with Crippen LogP contribution in [0.4, 0.5) is 0 Å². The zero-order chi connectivity index (χ0) is 16.8. The number of rotatable bonds is 8. The van der Waals surface area contributed by atoms with Gasteiger partial charge in [-0.2, -0.15) is 16.1 Å². The Morgan fingerprint density at radius 3 is 2.64 bits per heavy atom. The van der Waals surface area contributed by atoms with Crippen LogP contribution >= 0.6 is 11.8 Å². The number of aliphatic hydroxyl groups excluding tert-OH is 1. The zero-order valence-corrected chi connectivity index (χ0v) is 14.6. The van der Waals surface area contributed by atoms with E-state index in [4.69, 9.17) is 5.11 Å². The monoisotopic (exact) mass is 346 g/mol. The van der Waals surface area contributed by atoms with Crippen molar-refractivity contribution in [3.05, 3.63) is 29.8 Å². The van der Waals surface area contributed by atoms with Gasteiger partial charge in [-0.05, 0) is 24.8 Å². The normalized spacial score (nSPS) is 13.1. The van der Waals surface area contributed by atoms with Gasteiger partial charge in [-0.15, -0.1) is 0 Å². The van der Waals surface area contributed by atoms with Crippen LogP contribution in [0.1, 0.15) is 12.5 Å². The zero-order valence-electron chi connectivity index (χ0n) is 12.9. The van der Waals surface area contributed by atoms with E-state index in [0.717, 1.165) is 4.31 Å². The number of amides is 1. The summed E-state index contributed by atoms with van der Waals surface area (Å²) in [6, 6.07) is 6.53. The topological polar surface area (TPSA) is 86.7 Å². The fourth-order valence-corrected chi connectivity index (χ4v) is 3.44. The lowest BCUT2D eigenvalue weighted by Gasteiger charge is -2.19. The second kappa shape index (κ2) is 8.52. The van der Waals surface area contributed by atoms with Crippen molar-refractivity contribution < 1.29 is 18.3 Å². The van der Waals surface area contributed by atoms with Crippen molar-refractivity contribution >= 4 is 27.7 Å². The first-order valence-corrected chi connectivity index (χ1v) is 9.53. The average molecular weight is 346 g/mol. The third kappa shape index (κ3) is 4.70. The number of likely N-dealkylation sites (N-methyl/N-ethyl adjacent to an activating group) is 1. The Morgan fingerprint density at radius 1 is 1.41 bits per heavy atom. The molecular weight excluding hydrogens is 324 g/mol. The smallest absolute Gasteiger partial charge is 0.243 e. The van der Waals surface area contributed by atoms with Crippen molar-refractivity contribution in [1.82, 2.24) is 9.62 Å². The minimum absolute atomic E-state index is 0.0204. The summed E-state index contributed by atoms with van der Waals surface area (Å²) < 4.78 is 26.0. The molecule has 0 spiro atoms. The SMILES string of the molecule is CS[C@@H](C)C(=O)NCc1ccccc1S(=O)(=O)N(C)CCO. The Morgan fingerprint density at radius 2 is 2.05 bits per heavy atom. The highest BCUT2D eigenvalue weighted by Gasteiger charge is 2.23. The number of carbonyl (C=O) groups excluding carboxylic acids is 1. The molecule has 1 aromatic carbocycles. The van der Waals surface area contributed by atoms with Crippen LogP contribution in [0.15, 0.2) is 29.2 Å². The van der Waals surface area contributed by atoms with Gasteiger partial charge in [0.2, 0.25) is 15.9 Å². The molecule has 0 aliphatic heterocycles. The van der Waals surface area contributed by atoms with Crippen LogP contribution in [-0.2, 0) is 21.4 Å². The summed E-state index contributed by atoms with van der Waals surface area (Å²) in [6.07, 6.45) is 1.84. The van der Waals surface area contributed by atoms with Crippen LogP contribution in [0.5, 0.6) is 0 Å². The third-order valence-electron chi connectivity index (χ3n) is 3.25. The first-order chi connectivity index (χ1) is 10.3. The lowest BCUT2D eigenvalue weighted by atomic mass is 10.2. The first kappa shape index (κ1) is 19.0. The minimum Gasteiger partial charge on any atom is -0.395 e. The highest BCUT2D eigenvalue weighted by molar-refractivity contribution is 7.99. The Labute approximate surface area is 136 Å². The largest absolute Gasteiger partial charge is 0.395 e. The maximum atomic E-state index is 12.5. The molecule has 0 bridgehead atoms. The first-order valence-electron chi connectivity index (χ1n) is 6.80. The molecule has 0 aromatic heterocycles. The van der Waals surface area contributed by atoms with Crippen molar-refractivity contribution in [1.29, 1.82) is 0 Å². The molecule has 0 saturated heterocycles. The van der Waals surface area contributed by atoms with Gasteiger partial charge in [0, 0.05) is 20.1 Å². The van der Waals surface area contributed by atoms with Gasteiger partial charge in [0.05, 0.1) is 16.8 Å². The van der Waals surface area contributed by atoms with E-state index < -0.39 is 10.0 Å². The summed E-state index contributed by atoms with van der Waals surface area (Å²) in [4.78, 5) is 12.0. The maximum Gasteiger partial charge on any atom is 0.243 e. The van der Waals surface area contributed by atoms with E-state index >= 15 is 0 Å². The van der Waals surface area contributed by atoms with Crippen molar-refractivity contribution in [3.8, 4) is 0 Å². The average Bonchev–Trinajstić information content (AvgIpc) is 2.52. The molecule has 1 aromatic rings. The molecule has 0 saturated carbocycles. The number of carbonyl (C=O) groups is 1. The molecule has 8 heteroatoms. The van der Waals surface area contributed by atoms with Gasteiger partial charge in [0.1, 0.15) is 0 Å².